The summed E-state index contributed by atoms with van der Waals surface area (Å²) in [5.41, 5.74) is 1.51. The lowest BCUT2D eigenvalue weighted by atomic mass is 9.85. The molecular formula is C37H46FN7O4. The van der Waals surface area contributed by atoms with E-state index in [9.17, 15) is 18.8 Å². The molecule has 2 aromatic carbocycles. The third-order valence-corrected chi connectivity index (χ3v) is 8.97. The van der Waals surface area contributed by atoms with E-state index in [2.05, 4.69) is 20.6 Å². The Kier molecular flexibility index (Phi) is 11.4. The molecule has 0 spiro atoms. The van der Waals surface area contributed by atoms with E-state index in [1.165, 1.54) is 12.1 Å². The fourth-order valence-electron chi connectivity index (χ4n) is 5.98. The van der Waals surface area contributed by atoms with Gasteiger partial charge in [0.05, 0.1) is 24.8 Å². The van der Waals surface area contributed by atoms with Crippen LogP contribution in [0.5, 0.6) is 0 Å². The van der Waals surface area contributed by atoms with Crippen LogP contribution in [-0.2, 0) is 27.4 Å². The number of likely N-dealkylation sites (tertiary alicyclic amines) is 1. The molecule has 0 aliphatic carbocycles. The number of hydrogen-bond donors (Lipinski definition) is 2. The van der Waals surface area contributed by atoms with Gasteiger partial charge in [-0.1, -0.05) is 63.2 Å². The smallest absolute Gasteiger partial charge is 0.274 e. The number of ether oxygens (including phenoxy) is 1. The zero-order chi connectivity index (χ0) is 35.1. The van der Waals surface area contributed by atoms with E-state index in [4.69, 9.17) is 4.74 Å². The first kappa shape index (κ1) is 35.6. The van der Waals surface area contributed by atoms with Gasteiger partial charge >= 0.3 is 0 Å². The third-order valence-electron chi connectivity index (χ3n) is 8.97. The molecular weight excluding hydrogens is 625 g/mol. The van der Waals surface area contributed by atoms with Crippen LogP contribution in [-0.4, -0.2) is 92.8 Å². The van der Waals surface area contributed by atoms with E-state index < -0.39 is 23.5 Å². The Labute approximate surface area is 286 Å². The SMILES string of the molecule is CN[C@@H](C)C(=O)N[C@H](C(=O)N1C[C@@H](OCc2ccccc2)C[C@H]1CN(CCc1ccc(F)cc1)C(=O)c1cn2cccnc2n1)C(C)(C)C. The highest BCUT2D eigenvalue weighted by atomic mass is 19.1. The van der Waals surface area contributed by atoms with E-state index in [0.29, 0.717) is 38.3 Å². The Balaban J connectivity index is 1.44. The predicted octanol–water partition coefficient (Wildman–Crippen LogP) is 3.88. The molecule has 4 aromatic rings. The summed E-state index contributed by atoms with van der Waals surface area (Å²) < 4.78 is 21.7. The quantitative estimate of drug-likeness (QED) is 0.221. The summed E-state index contributed by atoms with van der Waals surface area (Å²) in [5, 5.41) is 5.92. The third kappa shape index (κ3) is 9.07. The number of aromatic nitrogens is 3. The van der Waals surface area contributed by atoms with Crippen molar-refractivity contribution in [2.24, 2.45) is 5.41 Å². The molecule has 2 aromatic heterocycles. The molecule has 2 N–H and O–H groups in total. The number of amides is 3. The molecule has 5 rings (SSSR count). The lowest BCUT2D eigenvalue weighted by molar-refractivity contribution is -0.141. The number of rotatable bonds is 13. The van der Waals surface area contributed by atoms with Crippen molar-refractivity contribution in [3.8, 4) is 0 Å². The maximum Gasteiger partial charge on any atom is 0.274 e. The second-order valence-electron chi connectivity index (χ2n) is 13.7. The summed E-state index contributed by atoms with van der Waals surface area (Å²) in [7, 11) is 1.69. The molecule has 0 radical (unpaired) electrons. The van der Waals surface area contributed by atoms with Crippen molar-refractivity contribution in [2.45, 2.75) is 71.4 Å². The topological polar surface area (TPSA) is 121 Å². The van der Waals surface area contributed by atoms with Gasteiger partial charge in [-0.3, -0.25) is 18.8 Å². The number of carbonyl (C=O) groups excluding carboxylic acids is 3. The van der Waals surface area contributed by atoms with E-state index in [1.54, 1.807) is 65.0 Å². The molecule has 0 bridgehead atoms. The minimum absolute atomic E-state index is 0.204. The van der Waals surface area contributed by atoms with Crippen molar-refractivity contribution in [1.29, 1.82) is 0 Å². The lowest BCUT2D eigenvalue weighted by Crippen LogP contribution is -2.59. The zero-order valence-corrected chi connectivity index (χ0v) is 28.8. The summed E-state index contributed by atoms with van der Waals surface area (Å²) >= 11 is 0. The van der Waals surface area contributed by atoms with E-state index in [1.807, 2.05) is 51.1 Å². The number of halogens is 1. The van der Waals surface area contributed by atoms with Crippen LogP contribution in [0.15, 0.2) is 79.3 Å². The van der Waals surface area contributed by atoms with Crippen molar-refractivity contribution >= 4 is 23.5 Å². The highest BCUT2D eigenvalue weighted by Crippen LogP contribution is 2.29. The molecule has 3 amide bonds. The number of fused-ring (bicyclic) bond motifs is 1. The molecule has 4 atom stereocenters. The number of nitrogens with zero attached hydrogens (tertiary/aromatic N) is 5. The molecule has 260 valence electrons. The minimum atomic E-state index is -0.820. The van der Waals surface area contributed by atoms with Gasteiger partial charge in [0, 0.05) is 38.2 Å². The number of hydrogen-bond acceptors (Lipinski definition) is 7. The first-order valence-electron chi connectivity index (χ1n) is 16.7. The molecule has 1 saturated heterocycles. The van der Waals surface area contributed by atoms with Crippen molar-refractivity contribution in [1.82, 2.24) is 34.8 Å². The van der Waals surface area contributed by atoms with Crippen LogP contribution >= 0.6 is 0 Å². The Hall–Kier alpha value is -4.68. The molecule has 12 heteroatoms. The largest absolute Gasteiger partial charge is 0.372 e. The van der Waals surface area contributed by atoms with Gasteiger partial charge in [0.2, 0.25) is 17.6 Å². The second-order valence-corrected chi connectivity index (χ2v) is 13.7. The van der Waals surface area contributed by atoms with Crippen LogP contribution in [0.4, 0.5) is 4.39 Å². The first-order valence-corrected chi connectivity index (χ1v) is 16.7. The molecule has 1 aliphatic rings. The zero-order valence-electron chi connectivity index (χ0n) is 28.8. The molecule has 1 fully saturated rings. The van der Waals surface area contributed by atoms with Crippen molar-refractivity contribution in [2.75, 3.05) is 26.7 Å². The van der Waals surface area contributed by atoms with Crippen LogP contribution in [0.2, 0.25) is 0 Å². The van der Waals surface area contributed by atoms with Crippen LogP contribution in [0.1, 0.15) is 55.7 Å². The van der Waals surface area contributed by atoms with Gasteiger partial charge < -0.3 is 25.2 Å². The summed E-state index contributed by atoms with van der Waals surface area (Å²) in [5.74, 6) is -0.754. The Morgan fingerprint density at radius 2 is 1.80 bits per heavy atom. The fraction of sp³-hybridized carbons (Fsp3) is 0.432. The van der Waals surface area contributed by atoms with E-state index in [-0.39, 0.29) is 41.9 Å². The number of imidazole rings is 1. The van der Waals surface area contributed by atoms with E-state index >= 15 is 0 Å². The minimum Gasteiger partial charge on any atom is -0.372 e. The highest BCUT2D eigenvalue weighted by molar-refractivity contribution is 5.93. The van der Waals surface area contributed by atoms with Gasteiger partial charge in [-0.15, -0.1) is 0 Å². The van der Waals surface area contributed by atoms with Crippen LogP contribution in [0.3, 0.4) is 0 Å². The van der Waals surface area contributed by atoms with Crippen molar-refractivity contribution < 1.29 is 23.5 Å². The number of benzene rings is 2. The predicted molar refractivity (Wildman–Crippen MR) is 184 cm³/mol. The van der Waals surface area contributed by atoms with Gasteiger partial charge in [-0.05, 0) is 61.6 Å². The molecule has 0 unspecified atom stereocenters. The molecule has 3 heterocycles. The van der Waals surface area contributed by atoms with E-state index in [0.717, 1.165) is 11.1 Å². The lowest BCUT2D eigenvalue weighted by Gasteiger charge is -2.37. The Morgan fingerprint density at radius 3 is 2.47 bits per heavy atom. The second kappa shape index (κ2) is 15.7. The first-order chi connectivity index (χ1) is 23.4. The maximum absolute atomic E-state index is 14.5. The Bertz CT molecular complexity index is 1690. The van der Waals surface area contributed by atoms with Crippen molar-refractivity contribution in [3.63, 3.8) is 0 Å². The summed E-state index contributed by atoms with van der Waals surface area (Å²) in [6, 6.07) is 16.1. The normalized spacial score (nSPS) is 17.6. The fourth-order valence-corrected chi connectivity index (χ4v) is 5.98. The molecule has 49 heavy (non-hydrogen) atoms. The molecule has 11 nitrogen and oxygen atoms in total. The maximum atomic E-state index is 14.5. The summed E-state index contributed by atoms with van der Waals surface area (Å²) in [6.07, 6.45) is 5.69. The van der Waals surface area contributed by atoms with Gasteiger partial charge in [0.1, 0.15) is 17.6 Å². The summed E-state index contributed by atoms with van der Waals surface area (Å²) in [4.78, 5) is 53.9. The van der Waals surface area contributed by atoms with Crippen LogP contribution in [0.25, 0.3) is 5.78 Å². The monoisotopic (exact) mass is 671 g/mol. The average molecular weight is 672 g/mol. The highest BCUT2D eigenvalue weighted by Gasteiger charge is 2.44. The number of nitrogens with one attached hydrogen (secondary N) is 2. The van der Waals surface area contributed by atoms with Gasteiger partial charge in [0.15, 0.2) is 0 Å². The number of likely N-dealkylation sites (N-methyl/N-ethyl adjacent to an activating group) is 1. The van der Waals surface area contributed by atoms with Crippen molar-refractivity contribution in [3.05, 3.63) is 102 Å². The van der Waals surface area contributed by atoms with Crippen LogP contribution in [0, 0.1) is 11.2 Å². The Morgan fingerprint density at radius 1 is 1.06 bits per heavy atom. The van der Waals surface area contributed by atoms with Gasteiger partial charge in [-0.25, -0.2) is 14.4 Å². The van der Waals surface area contributed by atoms with Crippen LogP contribution < -0.4 is 10.6 Å². The van der Waals surface area contributed by atoms with Gasteiger partial charge in [-0.2, -0.15) is 0 Å². The summed E-state index contributed by atoms with van der Waals surface area (Å²) in [6.45, 7) is 8.69. The van der Waals surface area contributed by atoms with Gasteiger partial charge in [0.25, 0.3) is 5.91 Å². The standard InChI is InChI=1S/C37H46FN7O4/c1-25(39-5)33(46)42-32(37(2,3)4)35(48)45-22-30(49-24-27-10-7-6-8-11-27)20-29(45)21-43(19-16-26-12-14-28(38)15-13-26)34(47)31-23-44-18-9-17-40-36(44)41-31/h6-15,17-18,23,25,29-30,32,39H,16,19-22,24H2,1-5H3,(H,42,46)/t25-,29-,30-,32+/m0/s1. The number of carbonyl (C=O) groups is 3. The molecule has 1 aliphatic heterocycles. The molecule has 0 saturated carbocycles. The average Bonchev–Trinajstić information content (AvgIpc) is 3.72.